The average molecular weight is 889 g/mol. The monoisotopic (exact) mass is 888 g/mol. The zero-order valence-electron chi connectivity index (χ0n) is 31.9. The van der Waals surface area contributed by atoms with Crippen LogP contribution in [-0.4, -0.2) is 9.55 Å². The number of anilines is 2. The molecule has 0 bridgehead atoms. The van der Waals surface area contributed by atoms with Crippen molar-refractivity contribution in [2.24, 2.45) is 0 Å². The number of pyridine rings is 1. The summed E-state index contributed by atoms with van der Waals surface area (Å²) in [6.07, 6.45) is 6.05. The second-order valence-corrected chi connectivity index (χ2v) is 15.0. The van der Waals surface area contributed by atoms with Gasteiger partial charge in [-0.1, -0.05) is 95.6 Å². The van der Waals surface area contributed by atoms with Crippen molar-refractivity contribution in [3.05, 3.63) is 163 Å². The zero-order chi connectivity index (χ0) is 36.8. The number of rotatable bonds is 9. The molecule has 6 heteroatoms. The van der Waals surface area contributed by atoms with Crippen molar-refractivity contribution in [2.75, 3.05) is 9.80 Å². The van der Waals surface area contributed by atoms with Crippen LogP contribution in [0.1, 0.15) is 81.5 Å². The summed E-state index contributed by atoms with van der Waals surface area (Å²) in [6, 6.07) is 43.4. The van der Waals surface area contributed by atoms with Crippen molar-refractivity contribution in [3.8, 4) is 28.4 Å². The summed E-state index contributed by atoms with van der Waals surface area (Å²) in [7, 11) is 0. The van der Waals surface area contributed by atoms with Crippen LogP contribution in [0.3, 0.4) is 0 Å². The van der Waals surface area contributed by atoms with Gasteiger partial charge in [0.15, 0.2) is 0 Å². The molecule has 0 fully saturated rings. The van der Waals surface area contributed by atoms with E-state index in [0.717, 1.165) is 44.6 Å². The van der Waals surface area contributed by atoms with Crippen LogP contribution in [0.4, 0.5) is 11.4 Å². The van der Waals surface area contributed by atoms with E-state index in [9.17, 15) is 0 Å². The van der Waals surface area contributed by atoms with Gasteiger partial charge in [0.1, 0.15) is 5.82 Å². The van der Waals surface area contributed by atoms with E-state index in [1.165, 1.54) is 27.8 Å². The first-order chi connectivity index (χ1) is 25.6. The first-order valence-corrected chi connectivity index (χ1v) is 18.6. The molecule has 0 saturated carbocycles. The van der Waals surface area contributed by atoms with Gasteiger partial charge in [0.2, 0.25) is 0 Å². The van der Waals surface area contributed by atoms with Crippen molar-refractivity contribution in [1.82, 2.24) is 9.55 Å². The molecule has 1 aliphatic heterocycles. The molecule has 7 aromatic rings. The van der Waals surface area contributed by atoms with Gasteiger partial charge >= 0.3 is 0 Å². The molecule has 1 aliphatic rings. The summed E-state index contributed by atoms with van der Waals surface area (Å²) in [5.41, 5.74) is 11.9. The van der Waals surface area contributed by atoms with Crippen LogP contribution in [0.25, 0.3) is 38.8 Å². The third-order valence-corrected chi connectivity index (χ3v) is 10.1. The summed E-state index contributed by atoms with van der Waals surface area (Å²) >= 11 is 0. The van der Waals surface area contributed by atoms with Crippen LogP contribution in [0, 0.1) is 25.7 Å². The maximum Gasteiger partial charge on any atom is 0.135 e. The standard InChI is InChI=1S/C48H45N4O.Pt/c1-31(2)36-25-43(32(3)4)48(44(26-36)33(5)6)35-12-10-13-37(24-35)50-22-23-51(30-50)38-14-11-15-39(27-38)53-40-19-20-42-41-16-8-9-17-45(41)52(46(42)28-40)47-21-18-34(7)29-49-47;/h8-26,29-33H,1-7H3;/q-3;. The molecule has 5 aromatic carbocycles. The SMILES string of the molecule is Cc1ccc(-n2c3[c-]c(Oc4[c-]c(N5C=CN(c6cccc(-c7c(C(C)C)cc(C(C)C)cc7C(C)C)c6)[CH-]5)ccc4)ccc3c3ccccc32)nc1.[Pt]. The van der Waals surface area contributed by atoms with Gasteiger partial charge in [-0.25, -0.2) is 4.98 Å². The Morgan fingerprint density at radius 3 is 2.11 bits per heavy atom. The van der Waals surface area contributed by atoms with Crippen LogP contribution >= 0.6 is 0 Å². The van der Waals surface area contributed by atoms with Gasteiger partial charge in [0, 0.05) is 50.0 Å². The quantitative estimate of drug-likeness (QED) is 0.135. The van der Waals surface area contributed by atoms with Gasteiger partial charge in [-0.15, -0.1) is 48.1 Å². The number of aromatic nitrogens is 2. The Kier molecular flexibility index (Phi) is 10.6. The number of para-hydroxylation sites is 1. The molecule has 0 spiro atoms. The number of benzene rings is 5. The Hall–Kier alpha value is -5.12. The van der Waals surface area contributed by atoms with E-state index in [0.29, 0.717) is 29.3 Å². The number of nitrogens with zero attached hydrogens (tertiary/aromatic N) is 4. The molecule has 0 amide bonds. The molecule has 276 valence electrons. The largest absolute Gasteiger partial charge is 0.509 e. The molecule has 0 saturated heterocycles. The fourth-order valence-corrected chi connectivity index (χ4v) is 7.29. The van der Waals surface area contributed by atoms with Crippen LogP contribution in [-0.2, 0) is 21.1 Å². The summed E-state index contributed by atoms with van der Waals surface area (Å²) in [5.74, 6) is 3.39. The number of fused-ring (bicyclic) bond motifs is 3. The third-order valence-electron chi connectivity index (χ3n) is 10.1. The molecule has 5 nitrogen and oxygen atoms in total. The minimum Gasteiger partial charge on any atom is -0.509 e. The van der Waals surface area contributed by atoms with Crippen LogP contribution < -0.4 is 14.5 Å². The Morgan fingerprint density at radius 1 is 0.667 bits per heavy atom. The number of hydrogen-bond acceptors (Lipinski definition) is 4. The maximum atomic E-state index is 6.43. The van der Waals surface area contributed by atoms with Crippen LogP contribution in [0.5, 0.6) is 11.5 Å². The molecule has 0 N–H and O–H groups in total. The molecule has 0 atom stereocenters. The summed E-state index contributed by atoms with van der Waals surface area (Å²) in [4.78, 5) is 8.98. The first kappa shape index (κ1) is 37.2. The fourth-order valence-electron chi connectivity index (χ4n) is 7.29. The molecule has 0 unspecified atom stereocenters. The summed E-state index contributed by atoms with van der Waals surface area (Å²) in [6.45, 7) is 17.9. The fraction of sp³-hybridized carbons (Fsp3) is 0.208. The van der Waals surface area contributed by atoms with Gasteiger partial charge < -0.3 is 19.1 Å². The number of aryl methyl sites for hydroxylation is 1. The van der Waals surface area contributed by atoms with Gasteiger partial charge in [0.05, 0.1) is 0 Å². The molecular formula is C48H45N4OPt-3. The second-order valence-electron chi connectivity index (χ2n) is 15.0. The Morgan fingerprint density at radius 2 is 1.39 bits per heavy atom. The first-order valence-electron chi connectivity index (χ1n) is 18.6. The molecule has 0 radical (unpaired) electrons. The van der Waals surface area contributed by atoms with Crippen molar-refractivity contribution >= 4 is 33.2 Å². The molecular weight excluding hydrogens is 844 g/mol. The van der Waals surface area contributed by atoms with Crippen molar-refractivity contribution in [2.45, 2.75) is 66.2 Å². The average Bonchev–Trinajstić information content (AvgIpc) is 3.78. The smallest absolute Gasteiger partial charge is 0.135 e. The topological polar surface area (TPSA) is 33.5 Å². The zero-order valence-corrected chi connectivity index (χ0v) is 34.1. The van der Waals surface area contributed by atoms with E-state index in [1.54, 1.807) is 0 Å². The third kappa shape index (κ3) is 7.10. The Labute approximate surface area is 334 Å². The molecule has 2 aromatic heterocycles. The van der Waals surface area contributed by atoms with E-state index >= 15 is 0 Å². The molecule has 3 heterocycles. The normalized spacial score (nSPS) is 12.9. The summed E-state index contributed by atoms with van der Waals surface area (Å²) in [5, 5.41) is 2.25. The van der Waals surface area contributed by atoms with Gasteiger partial charge in [-0.3, -0.25) is 0 Å². The predicted octanol–water partition coefficient (Wildman–Crippen LogP) is 12.8. The van der Waals surface area contributed by atoms with Gasteiger partial charge in [0.25, 0.3) is 0 Å². The molecule has 0 aliphatic carbocycles. The summed E-state index contributed by atoms with van der Waals surface area (Å²) < 4.78 is 8.58. The van der Waals surface area contributed by atoms with Crippen molar-refractivity contribution in [3.63, 3.8) is 0 Å². The number of ether oxygens (including phenoxy) is 1. The minimum absolute atomic E-state index is 0. The van der Waals surface area contributed by atoms with Crippen LogP contribution in [0.15, 0.2) is 122 Å². The Balaban J connectivity index is 0.00000450. The van der Waals surface area contributed by atoms with Crippen LogP contribution in [0.2, 0.25) is 0 Å². The van der Waals surface area contributed by atoms with Gasteiger partial charge in [-0.2, -0.15) is 12.1 Å². The van der Waals surface area contributed by atoms with E-state index in [2.05, 4.69) is 166 Å². The van der Waals surface area contributed by atoms with Crippen molar-refractivity contribution < 1.29 is 25.8 Å². The van der Waals surface area contributed by atoms with E-state index in [1.807, 2.05) is 37.4 Å². The molecule has 8 rings (SSSR count). The second kappa shape index (κ2) is 15.3. The molecule has 54 heavy (non-hydrogen) atoms. The minimum atomic E-state index is 0. The predicted molar refractivity (Wildman–Crippen MR) is 220 cm³/mol. The Bertz CT molecular complexity index is 2450. The van der Waals surface area contributed by atoms with E-state index in [-0.39, 0.29) is 21.1 Å². The van der Waals surface area contributed by atoms with E-state index in [4.69, 9.17) is 9.72 Å². The van der Waals surface area contributed by atoms with Crippen molar-refractivity contribution in [1.29, 1.82) is 0 Å². The number of hydrogen-bond donors (Lipinski definition) is 0. The van der Waals surface area contributed by atoms with E-state index < -0.39 is 0 Å². The van der Waals surface area contributed by atoms with Gasteiger partial charge in [-0.05, 0) is 100 Å². The maximum absolute atomic E-state index is 6.43.